The number of rotatable bonds is 8. The van der Waals surface area contributed by atoms with Crippen molar-refractivity contribution in [2.45, 2.75) is 39.9 Å². The molecule has 6 heteroatoms. The van der Waals surface area contributed by atoms with Gasteiger partial charge in [-0.25, -0.2) is 9.78 Å². The first-order valence-corrected chi connectivity index (χ1v) is 8.45. The molecule has 24 heavy (non-hydrogen) atoms. The van der Waals surface area contributed by atoms with Crippen LogP contribution in [0, 0.1) is 0 Å². The maximum absolute atomic E-state index is 12.3. The van der Waals surface area contributed by atoms with Crippen LogP contribution in [-0.4, -0.2) is 39.6 Å². The van der Waals surface area contributed by atoms with Crippen LogP contribution in [0.5, 0.6) is 0 Å². The van der Waals surface area contributed by atoms with E-state index in [0.29, 0.717) is 6.54 Å². The Morgan fingerprint density at radius 3 is 2.71 bits per heavy atom. The van der Waals surface area contributed by atoms with Crippen LogP contribution in [0.4, 0.5) is 10.5 Å². The quantitative estimate of drug-likeness (QED) is 0.783. The van der Waals surface area contributed by atoms with E-state index in [1.54, 1.807) is 12.5 Å². The predicted molar refractivity (Wildman–Crippen MR) is 96.9 cm³/mol. The highest BCUT2D eigenvalue weighted by atomic mass is 16.2. The molecule has 1 aromatic heterocycles. The minimum Gasteiger partial charge on any atom is -0.335 e. The van der Waals surface area contributed by atoms with Gasteiger partial charge in [-0.2, -0.15) is 0 Å². The highest BCUT2D eigenvalue weighted by Gasteiger charge is 2.11. The van der Waals surface area contributed by atoms with E-state index in [1.165, 1.54) is 0 Å². The first-order valence-electron chi connectivity index (χ1n) is 8.45. The summed E-state index contributed by atoms with van der Waals surface area (Å²) in [5, 5.41) is 5.94. The number of benzene rings is 1. The lowest BCUT2D eigenvalue weighted by molar-refractivity contribution is 0.248. The summed E-state index contributed by atoms with van der Waals surface area (Å²) in [5.74, 6) is 0. The molecular weight excluding hydrogens is 302 g/mol. The second kappa shape index (κ2) is 9.08. The van der Waals surface area contributed by atoms with Crippen molar-refractivity contribution in [2.75, 3.05) is 18.4 Å². The maximum atomic E-state index is 12.3. The van der Waals surface area contributed by atoms with Gasteiger partial charge < -0.3 is 15.2 Å². The normalized spacial score (nSPS) is 12.2. The summed E-state index contributed by atoms with van der Waals surface area (Å²) < 4.78 is 1.94. The van der Waals surface area contributed by atoms with Crippen LogP contribution >= 0.6 is 0 Å². The highest BCUT2D eigenvalue weighted by molar-refractivity contribution is 5.90. The van der Waals surface area contributed by atoms with Crippen molar-refractivity contribution in [3.63, 3.8) is 0 Å². The van der Waals surface area contributed by atoms with Gasteiger partial charge in [-0.05, 0) is 31.6 Å². The third-order valence-electron chi connectivity index (χ3n) is 3.98. The number of urea groups is 1. The van der Waals surface area contributed by atoms with Crippen molar-refractivity contribution in [2.24, 2.45) is 0 Å². The van der Waals surface area contributed by atoms with E-state index in [1.807, 2.05) is 35.9 Å². The molecule has 1 heterocycles. The Balaban J connectivity index is 1.93. The number of hydrogen-bond donors (Lipinski definition) is 2. The number of anilines is 1. The van der Waals surface area contributed by atoms with Gasteiger partial charge >= 0.3 is 6.03 Å². The molecule has 2 rings (SSSR count). The summed E-state index contributed by atoms with van der Waals surface area (Å²) in [6.45, 7) is 9.75. The zero-order chi connectivity index (χ0) is 17.4. The van der Waals surface area contributed by atoms with Crippen LogP contribution in [0.15, 0.2) is 43.0 Å². The van der Waals surface area contributed by atoms with Crippen LogP contribution in [0.25, 0.3) is 0 Å². The number of hydrogen-bond acceptors (Lipinski definition) is 3. The third kappa shape index (κ3) is 5.38. The van der Waals surface area contributed by atoms with Crippen molar-refractivity contribution in [3.05, 3.63) is 48.5 Å². The molecule has 0 aliphatic heterocycles. The lowest BCUT2D eigenvalue weighted by atomic mass is 10.1. The number of aromatic nitrogens is 2. The molecule has 2 amide bonds. The first kappa shape index (κ1) is 18.0. The van der Waals surface area contributed by atoms with Crippen LogP contribution < -0.4 is 10.6 Å². The molecule has 0 bridgehead atoms. The monoisotopic (exact) mass is 329 g/mol. The van der Waals surface area contributed by atoms with Crippen molar-refractivity contribution >= 4 is 11.7 Å². The molecule has 2 aromatic rings. The largest absolute Gasteiger partial charge is 0.335 e. The average molecular weight is 329 g/mol. The summed E-state index contributed by atoms with van der Waals surface area (Å²) in [5.41, 5.74) is 1.98. The standard InChI is InChI=1S/C18H27N5O/c1-4-22(5-2)13-16-8-6-7-9-17(16)21-18(24)20-15(3)12-23-11-10-19-14-23/h6-11,14-15H,4-5,12-13H2,1-3H3,(H2,20,21,24). The Morgan fingerprint density at radius 1 is 1.29 bits per heavy atom. The molecular formula is C18H27N5O. The number of carbonyl (C=O) groups excluding carboxylic acids is 1. The van der Waals surface area contributed by atoms with Crippen molar-refractivity contribution in [1.29, 1.82) is 0 Å². The van der Waals surface area contributed by atoms with Crippen molar-refractivity contribution in [3.8, 4) is 0 Å². The predicted octanol–water partition coefficient (Wildman–Crippen LogP) is 2.94. The number of carbonyl (C=O) groups is 1. The Hall–Kier alpha value is -2.34. The van der Waals surface area contributed by atoms with Gasteiger partial charge in [0.1, 0.15) is 0 Å². The van der Waals surface area contributed by atoms with E-state index in [9.17, 15) is 4.79 Å². The van der Waals surface area contributed by atoms with Gasteiger partial charge in [-0.3, -0.25) is 4.90 Å². The minimum atomic E-state index is -0.186. The molecule has 1 atom stereocenters. The highest BCUT2D eigenvalue weighted by Crippen LogP contribution is 2.17. The number of nitrogens with zero attached hydrogens (tertiary/aromatic N) is 3. The van der Waals surface area contributed by atoms with Gasteiger partial charge in [-0.15, -0.1) is 0 Å². The Morgan fingerprint density at radius 2 is 2.04 bits per heavy atom. The molecule has 1 unspecified atom stereocenters. The maximum Gasteiger partial charge on any atom is 0.319 e. The molecule has 130 valence electrons. The molecule has 0 saturated heterocycles. The SMILES string of the molecule is CCN(CC)Cc1ccccc1NC(=O)NC(C)Cn1ccnc1. The second-order valence-corrected chi connectivity index (χ2v) is 5.88. The molecule has 1 aromatic carbocycles. The van der Waals surface area contributed by atoms with Gasteiger partial charge in [-0.1, -0.05) is 32.0 Å². The summed E-state index contributed by atoms with van der Waals surface area (Å²) >= 11 is 0. The van der Waals surface area contributed by atoms with E-state index in [4.69, 9.17) is 0 Å². The van der Waals surface area contributed by atoms with Crippen LogP contribution in [0.2, 0.25) is 0 Å². The van der Waals surface area contributed by atoms with Gasteiger partial charge in [0.05, 0.1) is 6.33 Å². The fraction of sp³-hybridized carbons (Fsp3) is 0.444. The van der Waals surface area contributed by atoms with E-state index in [2.05, 4.69) is 40.4 Å². The number of amides is 2. The lowest BCUT2D eigenvalue weighted by Crippen LogP contribution is -2.38. The minimum absolute atomic E-state index is 0.00847. The molecule has 2 N–H and O–H groups in total. The summed E-state index contributed by atoms with van der Waals surface area (Å²) in [6, 6.07) is 7.77. The summed E-state index contributed by atoms with van der Waals surface area (Å²) in [7, 11) is 0. The Labute approximate surface area is 143 Å². The second-order valence-electron chi connectivity index (χ2n) is 5.88. The number of para-hydroxylation sites is 1. The van der Waals surface area contributed by atoms with Gasteiger partial charge in [0.2, 0.25) is 0 Å². The molecule has 0 fully saturated rings. The van der Waals surface area contributed by atoms with Gasteiger partial charge in [0.25, 0.3) is 0 Å². The summed E-state index contributed by atoms with van der Waals surface area (Å²) in [4.78, 5) is 18.6. The van der Waals surface area contributed by atoms with Crippen LogP contribution in [0.3, 0.4) is 0 Å². The van der Waals surface area contributed by atoms with Gasteiger partial charge in [0, 0.05) is 37.2 Å². The third-order valence-corrected chi connectivity index (χ3v) is 3.98. The van der Waals surface area contributed by atoms with Crippen LogP contribution in [-0.2, 0) is 13.1 Å². The number of imidazole rings is 1. The topological polar surface area (TPSA) is 62.2 Å². The Kier molecular flexibility index (Phi) is 6.81. The zero-order valence-corrected chi connectivity index (χ0v) is 14.7. The fourth-order valence-electron chi connectivity index (χ4n) is 2.61. The van der Waals surface area contributed by atoms with E-state index in [-0.39, 0.29) is 12.1 Å². The molecule has 0 radical (unpaired) electrons. The fourth-order valence-corrected chi connectivity index (χ4v) is 2.61. The van der Waals surface area contributed by atoms with E-state index in [0.717, 1.165) is 30.9 Å². The zero-order valence-electron chi connectivity index (χ0n) is 14.7. The first-order chi connectivity index (χ1) is 11.6. The summed E-state index contributed by atoms with van der Waals surface area (Å²) in [6.07, 6.45) is 5.36. The van der Waals surface area contributed by atoms with E-state index < -0.39 is 0 Å². The lowest BCUT2D eigenvalue weighted by Gasteiger charge is -2.21. The van der Waals surface area contributed by atoms with Crippen molar-refractivity contribution < 1.29 is 4.79 Å². The molecule has 0 saturated carbocycles. The molecule has 6 nitrogen and oxygen atoms in total. The van der Waals surface area contributed by atoms with Crippen LogP contribution in [0.1, 0.15) is 26.3 Å². The molecule has 0 spiro atoms. The molecule has 0 aliphatic rings. The van der Waals surface area contributed by atoms with E-state index >= 15 is 0 Å². The number of nitrogens with one attached hydrogen (secondary N) is 2. The smallest absolute Gasteiger partial charge is 0.319 e. The van der Waals surface area contributed by atoms with Gasteiger partial charge in [0.15, 0.2) is 0 Å². The van der Waals surface area contributed by atoms with Crippen molar-refractivity contribution in [1.82, 2.24) is 19.8 Å². The molecule has 0 aliphatic carbocycles. The average Bonchev–Trinajstić information content (AvgIpc) is 3.06. The Bertz CT molecular complexity index is 622.